The molecule has 1 rings (SSSR count). The maximum atomic E-state index is 11.6. The lowest BCUT2D eigenvalue weighted by molar-refractivity contribution is -0.423. The molecule has 0 N–H and O–H groups in total. The molecule has 0 aromatic rings. The molecule has 25 heavy (non-hydrogen) atoms. The van der Waals surface area contributed by atoms with E-state index in [4.69, 9.17) is 14.5 Å². The Labute approximate surface area is 154 Å². The number of carbonyl (C=O) groups excluding carboxylic acids is 1. The number of allylic oxidation sites excluding steroid dienone is 2. The van der Waals surface area contributed by atoms with Crippen molar-refractivity contribution in [3.63, 3.8) is 0 Å². The van der Waals surface area contributed by atoms with Crippen molar-refractivity contribution in [3.8, 4) is 0 Å². The second-order valence-electron chi connectivity index (χ2n) is 7.30. The number of hydrogen-bond donors (Lipinski definition) is 0. The van der Waals surface area contributed by atoms with Gasteiger partial charge in [-0.2, -0.15) is 0 Å². The summed E-state index contributed by atoms with van der Waals surface area (Å²) in [6.07, 6.45) is 13.2. The lowest BCUT2D eigenvalue weighted by atomic mass is 9.79. The monoisotopic (exact) mass is 354 g/mol. The predicted octanol–water partition coefficient (Wildman–Crippen LogP) is 5.61. The fourth-order valence-electron chi connectivity index (χ4n) is 3.72. The van der Waals surface area contributed by atoms with Gasteiger partial charge in [0, 0.05) is 0 Å². The topological polar surface area (TPSA) is 44.8 Å². The minimum Gasteiger partial charge on any atom is -0.469 e. The highest BCUT2D eigenvalue weighted by Gasteiger charge is 2.42. The zero-order valence-corrected chi connectivity index (χ0v) is 16.9. The highest BCUT2D eigenvalue weighted by atomic mass is 17.2. The Balaban J connectivity index is 2.58. The van der Waals surface area contributed by atoms with Gasteiger partial charge in [0.15, 0.2) is 0 Å². The molecule has 1 heterocycles. The fourth-order valence-corrected chi connectivity index (χ4v) is 3.72. The Morgan fingerprint density at radius 1 is 1.32 bits per heavy atom. The number of carbonyl (C=O) groups is 1. The summed E-state index contributed by atoms with van der Waals surface area (Å²) in [6.45, 7) is 8.76. The van der Waals surface area contributed by atoms with E-state index in [0.717, 1.165) is 38.5 Å². The van der Waals surface area contributed by atoms with Gasteiger partial charge in [-0.1, -0.05) is 46.3 Å². The molecule has 4 atom stereocenters. The summed E-state index contributed by atoms with van der Waals surface area (Å²) in [5.74, 6) is 0.770. The van der Waals surface area contributed by atoms with Gasteiger partial charge in [-0.25, -0.2) is 9.78 Å². The molecule has 4 nitrogen and oxygen atoms in total. The van der Waals surface area contributed by atoms with Crippen molar-refractivity contribution < 1.29 is 19.3 Å². The van der Waals surface area contributed by atoms with E-state index >= 15 is 0 Å². The Morgan fingerprint density at radius 3 is 2.64 bits per heavy atom. The van der Waals surface area contributed by atoms with Crippen molar-refractivity contribution in [2.45, 2.75) is 97.2 Å². The van der Waals surface area contributed by atoms with Gasteiger partial charge in [-0.15, -0.1) is 0 Å². The molecule has 0 radical (unpaired) electrons. The Kier molecular flexibility index (Phi) is 10.4. The van der Waals surface area contributed by atoms with Gasteiger partial charge in [0.25, 0.3) is 0 Å². The van der Waals surface area contributed by atoms with Crippen LogP contribution in [0.1, 0.15) is 85.5 Å². The molecule has 0 bridgehead atoms. The molecule has 0 aromatic heterocycles. The van der Waals surface area contributed by atoms with E-state index in [2.05, 4.69) is 39.8 Å². The van der Waals surface area contributed by atoms with E-state index in [1.807, 2.05) is 0 Å². The van der Waals surface area contributed by atoms with Gasteiger partial charge in [-0.05, 0) is 56.8 Å². The first-order valence-corrected chi connectivity index (χ1v) is 10.1. The van der Waals surface area contributed by atoms with Crippen LogP contribution in [0.15, 0.2) is 12.2 Å². The number of rotatable bonds is 11. The summed E-state index contributed by atoms with van der Waals surface area (Å²) in [6, 6.07) is 0. The first kappa shape index (κ1) is 22.2. The van der Waals surface area contributed by atoms with Crippen molar-refractivity contribution in [1.29, 1.82) is 0 Å². The molecule has 1 aliphatic rings. The minimum atomic E-state index is -0.232. The van der Waals surface area contributed by atoms with Crippen LogP contribution >= 0.6 is 0 Å². The van der Waals surface area contributed by atoms with Crippen LogP contribution in [-0.4, -0.2) is 24.8 Å². The predicted molar refractivity (Wildman–Crippen MR) is 101 cm³/mol. The van der Waals surface area contributed by atoms with Crippen molar-refractivity contribution in [2.24, 2.45) is 11.8 Å². The van der Waals surface area contributed by atoms with Gasteiger partial charge in [-0.3, -0.25) is 4.79 Å². The van der Waals surface area contributed by atoms with Gasteiger partial charge in [0.1, 0.15) is 11.7 Å². The quantitative estimate of drug-likeness (QED) is 0.275. The summed E-state index contributed by atoms with van der Waals surface area (Å²) in [5.41, 5.74) is -0.208. The molecule has 146 valence electrons. The molecule has 0 saturated carbocycles. The van der Waals surface area contributed by atoms with Crippen LogP contribution in [0.25, 0.3) is 0 Å². The molecule has 4 heteroatoms. The fraction of sp³-hybridized carbons (Fsp3) is 0.857. The summed E-state index contributed by atoms with van der Waals surface area (Å²) in [5, 5.41) is 0. The largest absolute Gasteiger partial charge is 0.469 e. The summed E-state index contributed by atoms with van der Waals surface area (Å²) < 4.78 is 4.78. The van der Waals surface area contributed by atoms with E-state index < -0.39 is 0 Å². The van der Waals surface area contributed by atoms with E-state index in [1.165, 1.54) is 20.0 Å². The zero-order valence-electron chi connectivity index (χ0n) is 16.9. The summed E-state index contributed by atoms with van der Waals surface area (Å²) >= 11 is 0. The average molecular weight is 355 g/mol. The maximum absolute atomic E-state index is 11.6. The molecule has 0 amide bonds. The molecular formula is C21H38O4. The molecule has 1 saturated heterocycles. The lowest BCUT2D eigenvalue weighted by Crippen LogP contribution is -2.45. The minimum absolute atomic E-state index is 0.187. The van der Waals surface area contributed by atoms with Crippen LogP contribution in [0, 0.1) is 11.8 Å². The third-order valence-corrected chi connectivity index (χ3v) is 5.65. The Bertz CT molecular complexity index is 407. The molecule has 0 aliphatic carbocycles. The van der Waals surface area contributed by atoms with Crippen LogP contribution in [0.2, 0.25) is 0 Å². The van der Waals surface area contributed by atoms with Gasteiger partial charge in [0.05, 0.1) is 13.5 Å². The molecule has 0 spiro atoms. The first-order chi connectivity index (χ1) is 12.0. The van der Waals surface area contributed by atoms with E-state index in [0.29, 0.717) is 11.8 Å². The normalized spacial score (nSPS) is 28.2. The van der Waals surface area contributed by atoms with E-state index in [9.17, 15) is 4.79 Å². The Morgan fingerprint density at radius 2 is 2.08 bits per heavy atom. The van der Waals surface area contributed by atoms with Gasteiger partial charge >= 0.3 is 5.97 Å². The van der Waals surface area contributed by atoms with Crippen molar-refractivity contribution in [3.05, 3.63) is 12.2 Å². The van der Waals surface area contributed by atoms with Crippen molar-refractivity contribution in [2.75, 3.05) is 7.11 Å². The summed E-state index contributed by atoms with van der Waals surface area (Å²) in [7, 11) is 1.42. The van der Waals surface area contributed by atoms with Gasteiger partial charge in [0.2, 0.25) is 0 Å². The van der Waals surface area contributed by atoms with Crippen LogP contribution < -0.4 is 0 Å². The molecular weight excluding hydrogens is 316 g/mol. The smallest absolute Gasteiger partial charge is 0.308 e. The highest BCUT2D eigenvalue weighted by molar-refractivity contribution is 5.69. The van der Waals surface area contributed by atoms with Crippen molar-refractivity contribution >= 4 is 5.97 Å². The van der Waals surface area contributed by atoms with Crippen LogP contribution in [0.4, 0.5) is 0 Å². The number of hydrogen-bond acceptors (Lipinski definition) is 4. The van der Waals surface area contributed by atoms with E-state index in [-0.39, 0.29) is 24.1 Å². The van der Waals surface area contributed by atoms with Crippen LogP contribution in [-0.2, 0) is 19.3 Å². The SMILES string of the molecule is CC/C=C/C(CC)CCC[C@]1(CC)CC(CC)C(CC(=O)OC)OO1. The first-order valence-electron chi connectivity index (χ1n) is 10.1. The number of esters is 1. The average Bonchev–Trinajstić information content (AvgIpc) is 2.65. The second-order valence-corrected chi connectivity index (χ2v) is 7.30. The Hall–Kier alpha value is -0.870. The third kappa shape index (κ3) is 7.10. The zero-order chi connectivity index (χ0) is 18.7. The van der Waals surface area contributed by atoms with Crippen LogP contribution in [0.5, 0.6) is 0 Å². The number of methoxy groups -OCH3 is 1. The second kappa shape index (κ2) is 11.7. The van der Waals surface area contributed by atoms with Crippen molar-refractivity contribution in [1.82, 2.24) is 0 Å². The number of ether oxygens (including phenoxy) is 1. The standard InChI is InChI=1S/C21H38O4/c1-6-10-12-17(7-2)13-11-14-21(9-4)16-18(8-3)19(24-25-21)15-20(22)23-5/h10,12,17-19H,6-9,11,13-16H2,1-5H3/b12-10+/t17?,18?,19?,21-/m1/s1. The molecule has 1 aliphatic heterocycles. The van der Waals surface area contributed by atoms with E-state index in [1.54, 1.807) is 0 Å². The molecule has 0 aromatic carbocycles. The third-order valence-electron chi connectivity index (χ3n) is 5.65. The lowest BCUT2D eigenvalue weighted by Gasteiger charge is -2.42. The van der Waals surface area contributed by atoms with Crippen LogP contribution in [0.3, 0.4) is 0 Å². The maximum Gasteiger partial charge on any atom is 0.308 e. The summed E-state index contributed by atoms with van der Waals surface area (Å²) in [4.78, 5) is 23.1. The van der Waals surface area contributed by atoms with Gasteiger partial charge < -0.3 is 4.74 Å². The molecule has 3 unspecified atom stereocenters. The molecule has 1 fully saturated rings. The highest BCUT2D eigenvalue weighted by Crippen LogP contribution is 2.40.